The van der Waals surface area contributed by atoms with Gasteiger partial charge in [-0.05, 0) is 20.8 Å². The molecule has 0 aliphatic heterocycles. The summed E-state index contributed by atoms with van der Waals surface area (Å²) in [6.07, 6.45) is 1.53. The molecule has 2 aromatic heterocycles. The summed E-state index contributed by atoms with van der Waals surface area (Å²) < 4.78 is 33.9. The number of nitrogens with one attached hydrogen (secondary N) is 1. The van der Waals surface area contributed by atoms with Gasteiger partial charge >= 0.3 is 0 Å². The zero-order valence-electron chi connectivity index (χ0n) is 11.7. The molecule has 0 spiro atoms. The SMILES string of the molecule is Cc1cnc(C(C)NS(=O)(=O)c2c(N)nn(C)c2C)o1. The number of hydrogen-bond acceptors (Lipinski definition) is 6. The summed E-state index contributed by atoms with van der Waals surface area (Å²) in [6, 6.07) is -0.604. The Balaban J connectivity index is 2.32. The summed E-state index contributed by atoms with van der Waals surface area (Å²) in [4.78, 5) is 3.98. The number of nitrogen functional groups attached to an aromatic ring is 1. The van der Waals surface area contributed by atoms with Crippen molar-refractivity contribution in [2.75, 3.05) is 5.73 Å². The molecule has 1 unspecified atom stereocenters. The van der Waals surface area contributed by atoms with Crippen molar-refractivity contribution in [2.45, 2.75) is 31.7 Å². The summed E-state index contributed by atoms with van der Waals surface area (Å²) in [7, 11) is -2.17. The van der Waals surface area contributed by atoms with Crippen LogP contribution in [-0.4, -0.2) is 23.2 Å². The fourth-order valence-electron chi connectivity index (χ4n) is 1.86. The Labute approximate surface area is 117 Å². The summed E-state index contributed by atoms with van der Waals surface area (Å²) in [5, 5.41) is 3.90. The summed E-state index contributed by atoms with van der Waals surface area (Å²) in [5.74, 6) is 0.877. The number of oxazole rings is 1. The second-order valence-corrected chi connectivity index (χ2v) is 6.23. The molecule has 2 aromatic rings. The fraction of sp³-hybridized carbons (Fsp3) is 0.455. The van der Waals surface area contributed by atoms with Crippen molar-refractivity contribution < 1.29 is 12.8 Å². The summed E-state index contributed by atoms with van der Waals surface area (Å²) >= 11 is 0. The molecular weight excluding hydrogens is 282 g/mol. The first-order valence-corrected chi connectivity index (χ1v) is 7.44. The van der Waals surface area contributed by atoms with Gasteiger partial charge in [-0.25, -0.2) is 13.4 Å². The average molecular weight is 299 g/mol. The Morgan fingerprint density at radius 2 is 2.10 bits per heavy atom. The van der Waals surface area contributed by atoms with Crippen molar-refractivity contribution in [1.82, 2.24) is 19.5 Å². The third-order valence-corrected chi connectivity index (χ3v) is 4.62. The van der Waals surface area contributed by atoms with E-state index in [0.29, 0.717) is 17.3 Å². The maximum Gasteiger partial charge on any atom is 0.246 e. The third kappa shape index (κ3) is 2.54. The molecule has 0 saturated heterocycles. The number of nitrogens with zero attached hydrogens (tertiary/aromatic N) is 3. The molecule has 3 N–H and O–H groups in total. The Morgan fingerprint density at radius 3 is 2.55 bits per heavy atom. The van der Waals surface area contributed by atoms with E-state index < -0.39 is 16.1 Å². The van der Waals surface area contributed by atoms with Gasteiger partial charge in [-0.15, -0.1) is 0 Å². The van der Waals surface area contributed by atoms with Gasteiger partial charge in [-0.2, -0.15) is 9.82 Å². The van der Waals surface area contributed by atoms with E-state index in [9.17, 15) is 8.42 Å². The number of aromatic nitrogens is 3. The second kappa shape index (κ2) is 4.91. The molecule has 2 rings (SSSR count). The molecule has 0 saturated carbocycles. The van der Waals surface area contributed by atoms with Gasteiger partial charge in [-0.1, -0.05) is 0 Å². The maximum absolute atomic E-state index is 12.4. The Hall–Kier alpha value is -1.87. The highest BCUT2D eigenvalue weighted by Crippen LogP contribution is 2.23. The van der Waals surface area contributed by atoms with Crippen molar-refractivity contribution >= 4 is 15.8 Å². The minimum Gasteiger partial charge on any atom is -0.444 e. The van der Waals surface area contributed by atoms with Gasteiger partial charge in [0.2, 0.25) is 15.9 Å². The zero-order valence-corrected chi connectivity index (χ0v) is 12.5. The molecule has 0 aliphatic carbocycles. The van der Waals surface area contributed by atoms with Crippen LogP contribution in [-0.2, 0) is 17.1 Å². The monoisotopic (exact) mass is 299 g/mol. The van der Waals surface area contributed by atoms with E-state index >= 15 is 0 Å². The number of hydrogen-bond donors (Lipinski definition) is 2. The van der Waals surface area contributed by atoms with E-state index in [1.54, 1.807) is 27.8 Å². The first-order valence-electron chi connectivity index (χ1n) is 5.96. The van der Waals surface area contributed by atoms with Crippen molar-refractivity contribution in [1.29, 1.82) is 0 Å². The van der Waals surface area contributed by atoms with Crippen molar-refractivity contribution in [2.24, 2.45) is 7.05 Å². The van der Waals surface area contributed by atoms with E-state index in [4.69, 9.17) is 10.2 Å². The zero-order chi connectivity index (χ0) is 15.1. The normalized spacial score (nSPS) is 13.6. The molecule has 0 amide bonds. The van der Waals surface area contributed by atoms with Crippen LogP contribution in [0.15, 0.2) is 15.5 Å². The average Bonchev–Trinajstić information content (AvgIpc) is 2.84. The van der Waals surface area contributed by atoms with Crippen LogP contribution in [0.4, 0.5) is 5.82 Å². The van der Waals surface area contributed by atoms with E-state index in [0.717, 1.165) is 0 Å². The molecule has 110 valence electrons. The van der Waals surface area contributed by atoms with Gasteiger partial charge in [-0.3, -0.25) is 4.68 Å². The van der Waals surface area contributed by atoms with Crippen molar-refractivity contribution in [3.63, 3.8) is 0 Å². The molecule has 0 radical (unpaired) electrons. The number of rotatable bonds is 4. The molecule has 0 bridgehead atoms. The summed E-state index contributed by atoms with van der Waals surface area (Å²) in [6.45, 7) is 5.02. The Morgan fingerprint density at radius 1 is 1.45 bits per heavy atom. The van der Waals surface area contributed by atoms with Gasteiger partial charge in [0.15, 0.2) is 5.82 Å². The Kier molecular flexibility index (Phi) is 3.57. The van der Waals surface area contributed by atoms with Crippen LogP contribution in [0, 0.1) is 13.8 Å². The van der Waals surface area contributed by atoms with Crippen LogP contribution in [0.2, 0.25) is 0 Å². The highest BCUT2D eigenvalue weighted by Gasteiger charge is 2.27. The highest BCUT2D eigenvalue weighted by molar-refractivity contribution is 7.89. The first kappa shape index (κ1) is 14.5. The molecule has 8 nitrogen and oxygen atoms in total. The lowest BCUT2D eigenvalue weighted by atomic mass is 10.4. The largest absolute Gasteiger partial charge is 0.444 e. The topological polar surface area (TPSA) is 116 Å². The summed E-state index contributed by atoms with van der Waals surface area (Å²) in [5.41, 5.74) is 6.12. The van der Waals surface area contributed by atoms with E-state index in [-0.39, 0.29) is 10.7 Å². The minimum absolute atomic E-state index is 0.0184. The Bertz CT molecular complexity index is 731. The molecule has 20 heavy (non-hydrogen) atoms. The molecule has 1 atom stereocenters. The first-order chi connectivity index (χ1) is 9.22. The van der Waals surface area contributed by atoms with Crippen LogP contribution in [0.25, 0.3) is 0 Å². The smallest absolute Gasteiger partial charge is 0.246 e. The van der Waals surface area contributed by atoms with Crippen LogP contribution in [0.5, 0.6) is 0 Å². The molecule has 0 fully saturated rings. The van der Waals surface area contributed by atoms with Crippen molar-refractivity contribution in [3.8, 4) is 0 Å². The van der Waals surface area contributed by atoms with E-state index in [1.165, 1.54) is 10.9 Å². The molecule has 0 aromatic carbocycles. The highest BCUT2D eigenvalue weighted by atomic mass is 32.2. The molecule has 2 heterocycles. The van der Waals surface area contributed by atoms with Gasteiger partial charge in [0.05, 0.1) is 17.9 Å². The predicted molar refractivity (Wildman–Crippen MR) is 72.3 cm³/mol. The number of sulfonamides is 1. The van der Waals surface area contributed by atoms with Gasteiger partial charge in [0.1, 0.15) is 10.7 Å². The molecule has 9 heteroatoms. The molecule has 0 aliphatic rings. The van der Waals surface area contributed by atoms with Crippen LogP contribution >= 0.6 is 0 Å². The van der Waals surface area contributed by atoms with Gasteiger partial charge < -0.3 is 10.2 Å². The molecular formula is C11H17N5O3S. The maximum atomic E-state index is 12.4. The lowest BCUT2D eigenvalue weighted by Gasteiger charge is -2.11. The lowest BCUT2D eigenvalue weighted by molar-refractivity contribution is 0.427. The standard InChI is InChI=1S/C11H17N5O3S/c1-6-5-13-11(19-6)7(2)15-20(17,18)9-8(3)16(4)14-10(9)12/h5,7,15H,1-4H3,(H2,12,14). The fourth-order valence-corrected chi connectivity index (χ4v) is 3.38. The predicted octanol–water partition coefficient (Wildman–Crippen LogP) is 0.647. The lowest BCUT2D eigenvalue weighted by Crippen LogP contribution is -2.28. The van der Waals surface area contributed by atoms with Crippen LogP contribution < -0.4 is 10.5 Å². The van der Waals surface area contributed by atoms with Crippen molar-refractivity contribution in [3.05, 3.63) is 23.5 Å². The van der Waals surface area contributed by atoms with E-state index in [2.05, 4.69) is 14.8 Å². The minimum atomic E-state index is -3.80. The third-order valence-electron chi connectivity index (χ3n) is 2.91. The van der Waals surface area contributed by atoms with Crippen LogP contribution in [0.3, 0.4) is 0 Å². The van der Waals surface area contributed by atoms with Gasteiger partial charge in [0.25, 0.3) is 0 Å². The van der Waals surface area contributed by atoms with Gasteiger partial charge in [0, 0.05) is 7.05 Å². The second-order valence-electron chi connectivity index (χ2n) is 4.58. The van der Waals surface area contributed by atoms with E-state index in [1.807, 2.05) is 0 Å². The number of aryl methyl sites for hydroxylation is 2. The van der Waals surface area contributed by atoms with Crippen LogP contribution in [0.1, 0.15) is 30.3 Å². The quantitative estimate of drug-likeness (QED) is 0.856. The number of anilines is 1. The number of nitrogens with two attached hydrogens (primary N) is 1.